The highest BCUT2D eigenvalue weighted by Gasteiger charge is 2.22. The molecule has 7 N–H and O–H groups in total. The number of benzene rings is 3. The normalized spacial score (nSPS) is 12.0. The lowest BCUT2D eigenvalue weighted by atomic mass is 10.1. The summed E-state index contributed by atoms with van der Waals surface area (Å²) >= 11 is 0. The van der Waals surface area contributed by atoms with Gasteiger partial charge in [-0.2, -0.15) is 0 Å². The van der Waals surface area contributed by atoms with E-state index in [2.05, 4.69) is 26.0 Å². The summed E-state index contributed by atoms with van der Waals surface area (Å²) in [5.74, 6) is -0.470. The first-order valence-electron chi connectivity index (χ1n) is 13.6. The van der Waals surface area contributed by atoms with Crippen LogP contribution in [0.25, 0.3) is 10.9 Å². The van der Waals surface area contributed by atoms with Gasteiger partial charge in [0.05, 0.1) is 6.61 Å². The maximum absolute atomic E-state index is 13.2. The van der Waals surface area contributed by atoms with Crippen molar-refractivity contribution in [2.24, 2.45) is 10.8 Å². The van der Waals surface area contributed by atoms with E-state index in [1.54, 1.807) is 18.2 Å². The number of nitrogens with one attached hydrogen (secondary N) is 4. The number of ether oxygens (including phenoxy) is 1. The Kier molecular flexibility index (Phi) is 10.5. The van der Waals surface area contributed by atoms with Gasteiger partial charge in [-0.1, -0.05) is 42.5 Å². The van der Waals surface area contributed by atoms with Gasteiger partial charge in [0.1, 0.15) is 28.3 Å². The van der Waals surface area contributed by atoms with Crippen molar-refractivity contribution in [2.45, 2.75) is 31.8 Å². The van der Waals surface area contributed by atoms with Gasteiger partial charge in [0.25, 0.3) is 11.9 Å². The largest absolute Gasteiger partial charge is 0.508 e. The van der Waals surface area contributed by atoms with Crippen LogP contribution in [0.4, 0.5) is 0 Å². The number of guanidine groups is 1. The van der Waals surface area contributed by atoms with E-state index in [-0.39, 0.29) is 36.9 Å². The summed E-state index contributed by atoms with van der Waals surface area (Å²) in [5, 5.41) is 30.9. The fourth-order valence-electron chi connectivity index (χ4n) is 4.33. The minimum atomic E-state index is -0.914. The number of carbonyl (C=O) groups is 2. The molecule has 1 aromatic heterocycles. The van der Waals surface area contributed by atoms with Crippen molar-refractivity contribution >= 4 is 28.7 Å². The molecule has 1 heterocycles. The molecule has 0 unspecified atom stereocenters. The standard InChI is InChI=1S/C30H33N7O6/c31-30(36-37(41)42)32-15-4-7-26(28(39)33-19-21-8-10-23(38)11-9-21)35-29(40)27-18-22-17-24(12-13-25(22)34-27)43-16-14-20-5-2-1-3-6-20/h1-3,5-6,8-13,17-18,26,34,38H,4,7,14-16,19H2,(H,33,39)(H,35,40)(H3,31,32,36)/t26-/m1/s1. The fraction of sp³-hybridized carbons (Fsp3) is 0.233. The van der Waals surface area contributed by atoms with Crippen molar-refractivity contribution in [3.8, 4) is 11.5 Å². The van der Waals surface area contributed by atoms with Crippen LogP contribution in [0.3, 0.4) is 0 Å². The van der Waals surface area contributed by atoms with E-state index in [4.69, 9.17) is 10.5 Å². The first kappa shape index (κ1) is 30.4. The number of carbonyl (C=O) groups excluding carboxylic acids is 2. The smallest absolute Gasteiger partial charge is 0.268 e. The molecule has 13 nitrogen and oxygen atoms in total. The number of hydrazone groups is 1. The van der Waals surface area contributed by atoms with Crippen LogP contribution >= 0.6 is 0 Å². The van der Waals surface area contributed by atoms with E-state index in [9.17, 15) is 24.8 Å². The molecule has 1 atom stereocenters. The van der Waals surface area contributed by atoms with Crippen LogP contribution in [-0.2, 0) is 17.8 Å². The summed E-state index contributed by atoms with van der Waals surface area (Å²) in [6.45, 7) is 0.887. The molecular formula is C30H33N7O6. The molecular weight excluding hydrogens is 554 g/mol. The Hall–Kier alpha value is -5.59. The molecule has 43 heavy (non-hydrogen) atoms. The van der Waals surface area contributed by atoms with Gasteiger partial charge in [0.15, 0.2) is 5.03 Å². The van der Waals surface area contributed by atoms with E-state index in [1.165, 1.54) is 17.7 Å². The summed E-state index contributed by atoms with van der Waals surface area (Å²) in [6, 6.07) is 22.7. The molecule has 4 rings (SSSR count). The number of phenolic OH excluding ortho intramolecular Hbond substituents is 1. The van der Waals surface area contributed by atoms with Gasteiger partial charge in [0.2, 0.25) is 5.91 Å². The zero-order valence-corrected chi connectivity index (χ0v) is 23.3. The Morgan fingerprint density at radius 1 is 1.02 bits per heavy atom. The zero-order valence-electron chi connectivity index (χ0n) is 23.3. The zero-order chi connectivity index (χ0) is 30.6. The summed E-state index contributed by atoms with van der Waals surface area (Å²) in [4.78, 5) is 39.8. The van der Waals surface area contributed by atoms with Crippen molar-refractivity contribution in [3.63, 3.8) is 0 Å². The number of nitrogens with zero attached hydrogens (tertiary/aromatic N) is 2. The van der Waals surface area contributed by atoms with Crippen molar-refractivity contribution in [3.05, 3.63) is 106 Å². The molecule has 0 aliphatic rings. The SMILES string of the molecule is N/C(=N/[N+](=O)[O-])NCCC[C@@H](NC(=O)c1cc2cc(OCCc3ccccc3)ccc2[nH]1)C(=O)NCc1ccc(O)cc1. The third-order valence-electron chi connectivity index (χ3n) is 6.53. The number of phenols is 1. The van der Waals surface area contributed by atoms with Gasteiger partial charge in [-0.25, -0.2) is 10.1 Å². The third-order valence-corrected chi connectivity index (χ3v) is 6.53. The summed E-state index contributed by atoms with van der Waals surface area (Å²) in [7, 11) is 0. The first-order valence-corrected chi connectivity index (χ1v) is 13.6. The quantitative estimate of drug-likeness (QED) is 0.0425. The molecule has 0 saturated heterocycles. The molecule has 0 aliphatic heterocycles. The molecule has 0 saturated carbocycles. The van der Waals surface area contributed by atoms with E-state index in [1.807, 2.05) is 48.5 Å². The highest BCUT2D eigenvalue weighted by atomic mass is 16.7. The average molecular weight is 588 g/mol. The number of fused-ring (bicyclic) bond motifs is 1. The van der Waals surface area contributed by atoms with Gasteiger partial charge in [-0.05, 0) is 60.4 Å². The van der Waals surface area contributed by atoms with Gasteiger partial charge in [-0.15, -0.1) is 0 Å². The van der Waals surface area contributed by atoms with Crippen LogP contribution in [0.15, 0.2) is 84.0 Å². The fourth-order valence-corrected chi connectivity index (χ4v) is 4.33. The molecule has 13 heteroatoms. The van der Waals surface area contributed by atoms with Crippen LogP contribution in [0.1, 0.15) is 34.5 Å². The lowest BCUT2D eigenvalue weighted by molar-refractivity contribution is -0.485. The highest BCUT2D eigenvalue weighted by Crippen LogP contribution is 2.22. The van der Waals surface area contributed by atoms with Gasteiger partial charge in [0, 0.05) is 30.4 Å². The highest BCUT2D eigenvalue weighted by molar-refractivity contribution is 6.00. The Morgan fingerprint density at radius 3 is 2.53 bits per heavy atom. The molecule has 4 aromatic rings. The van der Waals surface area contributed by atoms with Crippen LogP contribution < -0.4 is 26.4 Å². The molecule has 2 amide bonds. The number of amides is 2. The first-order chi connectivity index (χ1) is 20.8. The lowest BCUT2D eigenvalue weighted by Crippen LogP contribution is -2.47. The van der Waals surface area contributed by atoms with Crippen LogP contribution in [0.5, 0.6) is 11.5 Å². The topological polar surface area (TPSA) is 197 Å². The van der Waals surface area contributed by atoms with Gasteiger partial charge in [-0.3, -0.25) is 9.59 Å². The van der Waals surface area contributed by atoms with Crippen LogP contribution in [-0.4, -0.2) is 52.1 Å². The monoisotopic (exact) mass is 587 g/mol. The van der Waals surface area contributed by atoms with Crippen LogP contribution in [0, 0.1) is 10.1 Å². The maximum atomic E-state index is 13.2. The second-order valence-electron chi connectivity index (χ2n) is 9.72. The number of rotatable bonds is 14. The molecule has 3 aromatic carbocycles. The molecule has 0 radical (unpaired) electrons. The Balaban J connectivity index is 1.38. The summed E-state index contributed by atoms with van der Waals surface area (Å²) in [6.07, 6.45) is 1.33. The Bertz CT molecular complexity index is 1570. The number of H-pyrrole nitrogens is 1. The van der Waals surface area contributed by atoms with Gasteiger partial charge >= 0.3 is 0 Å². The van der Waals surface area contributed by atoms with Crippen molar-refractivity contribution in [1.29, 1.82) is 0 Å². The maximum Gasteiger partial charge on any atom is 0.268 e. The van der Waals surface area contributed by atoms with Crippen LogP contribution in [0.2, 0.25) is 0 Å². The third kappa shape index (κ3) is 9.49. The number of aromatic nitrogens is 1. The number of aromatic hydroxyl groups is 1. The van der Waals surface area contributed by atoms with Crippen molar-refractivity contribution in [2.75, 3.05) is 13.2 Å². The van der Waals surface area contributed by atoms with E-state index >= 15 is 0 Å². The number of hydrogen-bond donors (Lipinski definition) is 6. The molecule has 0 aliphatic carbocycles. The Labute approximate surface area is 247 Å². The summed E-state index contributed by atoms with van der Waals surface area (Å²) < 4.78 is 5.90. The molecule has 0 fully saturated rings. The number of aromatic amines is 1. The lowest BCUT2D eigenvalue weighted by Gasteiger charge is -2.18. The van der Waals surface area contributed by atoms with Crippen molar-refractivity contribution < 1.29 is 24.5 Å². The molecule has 0 bridgehead atoms. The minimum absolute atomic E-state index is 0.108. The number of nitro groups is 1. The summed E-state index contributed by atoms with van der Waals surface area (Å²) in [5.41, 5.74) is 8.39. The number of hydrogen-bond acceptors (Lipinski definition) is 6. The predicted molar refractivity (Wildman–Crippen MR) is 161 cm³/mol. The van der Waals surface area contributed by atoms with E-state index in [0.717, 1.165) is 22.9 Å². The van der Waals surface area contributed by atoms with E-state index < -0.39 is 22.9 Å². The van der Waals surface area contributed by atoms with E-state index in [0.29, 0.717) is 18.8 Å². The average Bonchev–Trinajstić information content (AvgIpc) is 3.42. The second-order valence-corrected chi connectivity index (χ2v) is 9.72. The second kappa shape index (κ2) is 14.9. The van der Waals surface area contributed by atoms with Gasteiger partial charge < -0.3 is 36.5 Å². The van der Waals surface area contributed by atoms with Crippen molar-refractivity contribution in [1.82, 2.24) is 20.9 Å². The predicted octanol–water partition coefficient (Wildman–Crippen LogP) is 2.79. The minimum Gasteiger partial charge on any atom is -0.508 e. The Morgan fingerprint density at radius 2 is 1.79 bits per heavy atom. The molecule has 224 valence electrons. The molecule has 0 spiro atoms. The number of nitrogens with two attached hydrogens (primary N) is 1.